The van der Waals surface area contributed by atoms with Crippen molar-refractivity contribution in [3.05, 3.63) is 60.2 Å². The first-order valence-corrected chi connectivity index (χ1v) is 9.63. The van der Waals surface area contributed by atoms with E-state index >= 15 is 0 Å². The molecule has 1 heterocycles. The average Bonchev–Trinajstić information content (AvgIpc) is 3.11. The smallest absolute Gasteiger partial charge is 0.251 e. The van der Waals surface area contributed by atoms with Gasteiger partial charge in [0, 0.05) is 36.4 Å². The van der Waals surface area contributed by atoms with Crippen LogP contribution >= 0.6 is 0 Å². The number of para-hydroxylation sites is 1. The van der Waals surface area contributed by atoms with Gasteiger partial charge in [0.1, 0.15) is 0 Å². The molecule has 146 valence electrons. The van der Waals surface area contributed by atoms with Crippen LogP contribution in [0.25, 0.3) is 0 Å². The van der Waals surface area contributed by atoms with Crippen molar-refractivity contribution in [1.29, 1.82) is 0 Å². The van der Waals surface area contributed by atoms with Gasteiger partial charge in [0.25, 0.3) is 5.91 Å². The lowest BCUT2D eigenvalue weighted by atomic mass is 10.1. The molecule has 0 aromatic heterocycles. The number of hydrogen-bond donors (Lipinski definition) is 2. The van der Waals surface area contributed by atoms with E-state index in [9.17, 15) is 14.4 Å². The number of unbranched alkanes of at least 4 members (excludes halogenated alkanes) is 1. The molecule has 3 amide bonds. The zero-order valence-corrected chi connectivity index (χ0v) is 16.0. The van der Waals surface area contributed by atoms with Crippen LogP contribution in [0.2, 0.25) is 0 Å². The molecule has 1 aliphatic heterocycles. The van der Waals surface area contributed by atoms with E-state index in [4.69, 9.17) is 0 Å². The van der Waals surface area contributed by atoms with Crippen LogP contribution in [0, 0.1) is 5.92 Å². The molecule has 6 nitrogen and oxygen atoms in total. The van der Waals surface area contributed by atoms with Gasteiger partial charge in [0.2, 0.25) is 11.8 Å². The summed E-state index contributed by atoms with van der Waals surface area (Å²) in [6.45, 7) is 3.09. The summed E-state index contributed by atoms with van der Waals surface area (Å²) in [7, 11) is 0. The minimum absolute atomic E-state index is 0.0505. The van der Waals surface area contributed by atoms with Gasteiger partial charge in [-0.3, -0.25) is 14.4 Å². The number of carbonyl (C=O) groups excluding carboxylic acids is 3. The molecule has 0 radical (unpaired) electrons. The fourth-order valence-corrected chi connectivity index (χ4v) is 3.17. The average molecular weight is 379 g/mol. The topological polar surface area (TPSA) is 78.5 Å². The molecule has 1 fully saturated rings. The second-order valence-electron chi connectivity index (χ2n) is 6.92. The van der Waals surface area contributed by atoms with Gasteiger partial charge in [0.15, 0.2) is 0 Å². The lowest BCUT2D eigenvalue weighted by molar-refractivity contribution is -0.122. The third-order valence-corrected chi connectivity index (χ3v) is 4.79. The fraction of sp³-hybridized carbons (Fsp3) is 0.318. The molecule has 0 saturated carbocycles. The van der Waals surface area contributed by atoms with Gasteiger partial charge in [0.05, 0.1) is 5.92 Å². The van der Waals surface area contributed by atoms with Crippen molar-refractivity contribution >= 4 is 29.1 Å². The minimum Gasteiger partial charge on any atom is -0.352 e. The predicted octanol–water partition coefficient (Wildman–Crippen LogP) is 3.21. The number of hydrogen-bond acceptors (Lipinski definition) is 3. The van der Waals surface area contributed by atoms with Crippen LogP contribution in [0.5, 0.6) is 0 Å². The first-order valence-electron chi connectivity index (χ1n) is 9.63. The molecule has 2 aromatic rings. The molecule has 0 bridgehead atoms. The van der Waals surface area contributed by atoms with E-state index in [2.05, 4.69) is 17.6 Å². The van der Waals surface area contributed by atoms with Crippen LogP contribution < -0.4 is 15.5 Å². The van der Waals surface area contributed by atoms with E-state index in [1.165, 1.54) is 0 Å². The summed E-state index contributed by atoms with van der Waals surface area (Å²) in [5, 5.41) is 5.71. The Balaban J connectivity index is 1.56. The van der Waals surface area contributed by atoms with Crippen LogP contribution in [0.4, 0.5) is 11.4 Å². The van der Waals surface area contributed by atoms with Gasteiger partial charge in [-0.1, -0.05) is 31.5 Å². The Morgan fingerprint density at radius 2 is 1.79 bits per heavy atom. The van der Waals surface area contributed by atoms with Crippen LogP contribution in [0.1, 0.15) is 36.5 Å². The molecule has 2 aromatic carbocycles. The summed E-state index contributed by atoms with van der Waals surface area (Å²) < 4.78 is 0. The monoisotopic (exact) mass is 379 g/mol. The number of benzene rings is 2. The van der Waals surface area contributed by atoms with Crippen molar-refractivity contribution in [2.75, 3.05) is 23.3 Å². The minimum atomic E-state index is -0.398. The Morgan fingerprint density at radius 3 is 2.46 bits per heavy atom. The molecular formula is C22H25N3O3. The molecule has 1 unspecified atom stereocenters. The van der Waals surface area contributed by atoms with Gasteiger partial charge in [-0.25, -0.2) is 0 Å². The summed E-state index contributed by atoms with van der Waals surface area (Å²) in [5.74, 6) is -0.756. The second-order valence-corrected chi connectivity index (χ2v) is 6.92. The molecule has 3 rings (SSSR count). The van der Waals surface area contributed by atoms with Gasteiger partial charge >= 0.3 is 0 Å². The quantitative estimate of drug-likeness (QED) is 0.725. The van der Waals surface area contributed by atoms with E-state index in [0.29, 0.717) is 24.3 Å². The summed E-state index contributed by atoms with van der Waals surface area (Å²) in [5.41, 5.74) is 1.97. The van der Waals surface area contributed by atoms with E-state index in [0.717, 1.165) is 18.5 Å². The van der Waals surface area contributed by atoms with Crippen molar-refractivity contribution in [2.45, 2.75) is 26.2 Å². The molecule has 2 N–H and O–H groups in total. The highest BCUT2D eigenvalue weighted by atomic mass is 16.2. The molecule has 1 saturated heterocycles. The molecule has 1 aliphatic rings. The Labute approximate surface area is 164 Å². The first kappa shape index (κ1) is 19.6. The van der Waals surface area contributed by atoms with Crippen LogP contribution in [0.15, 0.2) is 54.6 Å². The zero-order valence-electron chi connectivity index (χ0n) is 16.0. The zero-order chi connectivity index (χ0) is 19.9. The number of carbonyl (C=O) groups is 3. The first-order chi connectivity index (χ1) is 13.6. The molecule has 0 spiro atoms. The normalized spacial score (nSPS) is 16.1. The van der Waals surface area contributed by atoms with Gasteiger partial charge in [-0.05, 0) is 42.8 Å². The number of nitrogens with zero attached hydrogens (tertiary/aromatic N) is 1. The van der Waals surface area contributed by atoms with Crippen LogP contribution in [-0.2, 0) is 9.59 Å². The lowest BCUT2D eigenvalue weighted by Gasteiger charge is -2.16. The Kier molecular flexibility index (Phi) is 6.42. The highest BCUT2D eigenvalue weighted by molar-refractivity contribution is 6.03. The van der Waals surface area contributed by atoms with Gasteiger partial charge in [-0.2, -0.15) is 0 Å². The van der Waals surface area contributed by atoms with E-state index in [1.807, 2.05) is 30.3 Å². The largest absolute Gasteiger partial charge is 0.352 e. The van der Waals surface area contributed by atoms with E-state index in [-0.39, 0.29) is 24.1 Å². The standard InChI is InChI=1S/C22H25N3O3/c1-2-3-13-23-21(27)16-9-11-18(12-10-16)24-22(28)17-14-20(26)25(15-17)19-7-5-4-6-8-19/h4-12,17H,2-3,13-15H2,1H3,(H,23,27)(H,24,28). The van der Waals surface area contributed by atoms with Crippen LogP contribution in [0.3, 0.4) is 0 Å². The van der Waals surface area contributed by atoms with Crippen molar-refractivity contribution in [3.63, 3.8) is 0 Å². The number of rotatable bonds is 7. The van der Waals surface area contributed by atoms with Gasteiger partial charge < -0.3 is 15.5 Å². The van der Waals surface area contributed by atoms with Crippen molar-refractivity contribution in [3.8, 4) is 0 Å². The van der Waals surface area contributed by atoms with Crippen molar-refractivity contribution < 1.29 is 14.4 Å². The predicted molar refractivity (Wildman–Crippen MR) is 109 cm³/mol. The maximum atomic E-state index is 12.6. The molecular weight excluding hydrogens is 354 g/mol. The lowest BCUT2D eigenvalue weighted by Crippen LogP contribution is -2.28. The highest BCUT2D eigenvalue weighted by Crippen LogP contribution is 2.25. The number of amides is 3. The third-order valence-electron chi connectivity index (χ3n) is 4.79. The van der Waals surface area contributed by atoms with Gasteiger partial charge in [-0.15, -0.1) is 0 Å². The summed E-state index contributed by atoms with van der Waals surface area (Å²) in [6, 6.07) is 16.1. The Morgan fingerprint density at radius 1 is 1.07 bits per heavy atom. The summed E-state index contributed by atoms with van der Waals surface area (Å²) in [6.07, 6.45) is 2.16. The maximum Gasteiger partial charge on any atom is 0.251 e. The molecule has 28 heavy (non-hydrogen) atoms. The molecule has 0 aliphatic carbocycles. The highest BCUT2D eigenvalue weighted by Gasteiger charge is 2.35. The Bertz CT molecular complexity index is 834. The number of nitrogens with one attached hydrogen (secondary N) is 2. The van der Waals surface area contributed by atoms with Crippen LogP contribution in [-0.4, -0.2) is 30.8 Å². The van der Waals surface area contributed by atoms with Crippen molar-refractivity contribution in [2.24, 2.45) is 5.92 Å². The SMILES string of the molecule is CCCCNC(=O)c1ccc(NC(=O)C2CC(=O)N(c3ccccc3)C2)cc1. The Hall–Kier alpha value is -3.15. The van der Waals surface area contributed by atoms with Crippen molar-refractivity contribution in [1.82, 2.24) is 5.32 Å². The maximum absolute atomic E-state index is 12.6. The van der Waals surface area contributed by atoms with E-state index < -0.39 is 5.92 Å². The summed E-state index contributed by atoms with van der Waals surface area (Å²) >= 11 is 0. The number of anilines is 2. The van der Waals surface area contributed by atoms with E-state index in [1.54, 1.807) is 29.2 Å². The fourth-order valence-electron chi connectivity index (χ4n) is 3.17. The molecule has 6 heteroatoms. The summed E-state index contributed by atoms with van der Waals surface area (Å²) in [4.78, 5) is 38.5. The third kappa shape index (κ3) is 4.76. The second kappa shape index (κ2) is 9.17. The molecule has 1 atom stereocenters.